The second kappa shape index (κ2) is 5.47. The van der Waals surface area contributed by atoms with E-state index in [9.17, 15) is 4.79 Å². The van der Waals surface area contributed by atoms with Gasteiger partial charge in [0.2, 0.25) is 5.91 Å². The molecule has 1 heterocycles. The van der Waals surface area contributed by atoms with Crippen LogP contribution in [0.3, 0.4) is 0 Å². The highest BCUT2D eigenvalue weighted by Crippen LogP contribution is 2.29. The summed E-state index contributed by atoms with van der Waals surface area (Å²) < 4.78 is 5.11. The first-order valence-corrected chi connectivity index (χ1v) is 5.67. The van der Waals surface area contributed by atoms with Crippen LogP contribution >= 0.6 is 0 Å². The van der Waals surface area contributed by atoms with E-state index < -0.39 is 0 Å². The Kier molecular flexibility index (Phi) is 4.54. The topological polar surface area (TPSA) is 55.6 Å². The number of likely N-dealkylation sites (tertiary alicyclic amines) is 1. The van der Waals surface area contributed by atoms with E-state index in [-0.39, 0.29) is 17.9 Å². The van der Waals surface area contributed by atoms with Crippen LogP contribution in [0, 0.1) is 5.41 Å². The largest absolute Gasteiger partial charge is 0.372 e. The van der Waals surface area contributed by atoms with E-state index in [1.807, 2.05) is 11.8 Å². The third-order valence-electron chi connectivity index (χ3n) is 3.25. The molecule has 4 nitrogen and oxygen atoms in total. The number of rotatable bonds is 4. The average Bonchev–Trinajstić information content (AvgIpc) is 2.27. The molecule has 1 rings (SSSR count). The van der Waals surface area contributed by atoms with E-state index in [1.54, 1.807) is 0 Å². The van der Waals surface area contributed by atoms with Crippen molar-refractivity contribution in [2.75, 3.05) is 32.8 Å². The quantitative estimate of drug-likeness (QED) is 0.746. The lowest BCUT2D eigenvalue weighted by Gasteiger charge is -2.38. The standard InChI is InChI=1S/C11H22N2O2/c1-3-15-8-10(14)13-6-4-11(2,9-12)5-7-13/h3-9,12H2,1-2H3. The number of hydrogen-bond donors (Lipinski definition) is 1. The number of hydrogen-bond acceptors (Lipinski definition) is 3. The van der Waals surface area contributed by atoms with Gasteiger partial charge in [0.25, 0.3) is 0 Å². The monoisotopic (exact) mass is 214 g/mol. The third kappa shape index (κ3) is 3.47. The maximum absolute atomic E-state index is 11.6. The third-order valence-corrected chi connectivity index (χ3v) is 3.25. The van der Waals surface area contributed by atoms with Crippen LogP contribution in [0.25, 0.3) is 0 Å². The van der Waals surface area contributed by atoms with Crippen LogP contribution < -0.4 is 5.73 Å². The van der Waals surface area contributed by atoms with E-state index in [0.29, 0.717) is 13.2 Å². The number of nitrogens with two attached hydrogens (primary N) is 1. The summed E-state index contributed by atoms with van der Waals surface area (Å²) in [5.41, 5.74) is 5.94. The van der Waals surface area contributed by atoms with Gasteiger partial charge in [-0.25, -0.2) is 0 Å². The van der Waals surface area contributed by atoms with Crippen molar-refractivity contribution in [2.24, 2.45) is 11.1 Å². The molecule has 88 valence electrons. The van der Waals surface area contributed by atoms with Crippen molar-refractivity contribution in [1.82, 2.24) is 4.90 Å². The first-order chi connectivity index (χ1) is 7.11. The maximum Gasteiger partial charge on any atom is 0.248 e. The number of nitrogens with zero attached hydrogens (tertiary/aromatic N) is 1. The molecular formula is C11H22N2O2. The molecule has 1 fully saturated rings. The molecule has 0 unspecified atom stereocenters. The second-order valence-corrected chi connectivity index (χ2v) is 4.53. The lowest BCUT2D eigenvalue weighted by molar-refractivity contribution is -0.138. The Bertz CT molecular complexity index is 211. The summed E-state index contributed by atoms with van der Waals surface area (Å²) >= 11 is 0. The van der Waals surface area contributed by atoms with Gasteiger partial charge in [-0.3, -0.25) is 4.79 Å². The second-order valence-electron chi connectivity index (χ2n) is 4.53. The Morgan fingerprint density at radius 3 is 2.53 bits per heavy atom. The SMILES string of the molecule is CCOCC(=O)N1CCC(C)(CN)CC1. The minimum atomic E-state index is 0.107. The Hall–Kier alpha value is -0.610. The summed E-state index contributed by atoms with van der Waals surface area (Å²) in [5.74, 6) is 0.107. The molecule has 0 aliphatic carbocycles. The van der Waals surface area contributed by atoms with Crippen molar-refractivity contribution in [1.29, 1.82) is 0 Å². The number of ether oxygens (including phenoxy) is 1. The normalized spacial score (nSPS) is 20.3. The van der Waals surface area contributed by atoms with Gasteiger partial charge in [0.15, 0.2) is 0 Å². The molecule has 0 aromatic heterocycles. The summed E-state index contributed by atoms with van der Waals surface area (Å²) in [6, 6.07) is 0. The Morgan fingerprint density at radius 2 is 2.07 bits per heavy atom. The van der Waals surface area contributed by atoms with Gasteiger partial charge in [0.1, 0.15) is 6.61 Å². The van der Waals surface area contributed by atoms with Crippen LogP contribution in [-0.4, -0.2) is 43.7 Å². The van der Waals surface area contributed by atoms with Crippen LogP contribution in [0.5, 0.6) is 0 Å². The number of carbonyl (C=O) groups is 1. The fourth-order valence-electron chi connectivity index (χ4n) is 1.78. The predicted molar refractivity (Wildman–Crippen MR) is 59.5 cm³/mol. The van der Waals surface area contributed by atoms with Gasteiger partial charge in [-0.2, -0.15) is 0 Å². The molecule has 0 bridgehead atoms. The molecule has 1 amide bonds. The van der Waals surface area contributed by atoms with Gasteiger partial charge in [0.05, 0.1) is 0 Å². The first-order valence-electron chi connectivity index (χ1n) is 5.67. The Balaban J connectivity index is 2.33. The van der Waals surface area contributed by atoms with Gasteiger partial charge < -0.3 is 15.4 Å². The molecule has 0 atom stereocenters. The summed E-state index contributed by atoms with van der Waals surface area (Å²) in [6.45, 7) is 7.25. The molecular weight excluding hydrogens is 192 g/mol. The van der Waals surface area contributed by atoms with E-state index >= 15 is 0 Å². The van der Waals surface area contributed by atoms with Gasteiger partial charge >= 0.3 is 0 Å². The van der Waals surface area contributed by atoms with Crippen molar-refractivity contribution in [3.05, 3.63) is 0 Å². The minimum Gasteiger partial charge on any atom is -0.372 e. The first kappa shape index (κ1) is 12.5. The van der Waals surface area contributed by atoms with Gasteiger partial charge in [-0.05, 0) is 31.7 Å². The smallest absolute Gasteiger partial charge is 0.248 e. The number of carbonyl (C=O) groups excluding carboxylic acids is 1. The highest BCUT2D eigenvalue weighted by Gasteiger charge is 2.30. The molecule has 15 heavy (non-hydrogen) atoms. The maximum atomic E-state index is 11.6. The van der Waals surface area contributed by atoms with Crippen LogP contribution in [-0.2, 0) is 9.53 Å². The van der Waals surface area contributed by atoms with E-state index in [1.165, 1.54) is 0 Å². The van der Waals surface area contributed by atoms with Crippen LogP contribution in [0.15, 0.2) is 0 Å². The highest BCUT2D eigenvalue weighted by molar-refractivity contribution is 5.77. The van der Waals surface area contributed by atoms with Crippen LogP contribution in [0.4, 0.5) is 0 Å². The fraction of sp³-hybridized carbons (Fsp3) is 0.909. The number of piperidine rings is 1. The minimum absolute atomic E-state index is 0.107. The van der Waals surface area contributed by atoms with Gasteiger partial charge in [-0.15, -0.1) is 0 Å². The molecule has 0 aromatic carbocycles. The van der Waals surface area contributed by atoms with Crippen molar-refractivity contribution < 1.29 is 9.53 Å². The van der Waals surface area contributed by atoms with Gasteiger partial charge in [0, 0.05) is 19.7 Å². The van der Waals surface area contributed by atoms with Crippen molar-refractivity contribution in [2.45, 2.75) is 26.7 Å². The van der Waals surface area contributed by atoms with Crippen molar-refractivity contribution in [3.8, 4) is 0 Å². The summed E-state index contributed by atoms with van der Waals surface area (Å²) in [4.78, 5) is 13.5. The number of amides is 1. The fourth-order valence-corrected chi connectivity index (χ4v) is 1.78. The van der Waals surface area contributed by atoms with E-state index in [2.05, 4.69) is 6.92 Å². The molecule has 0 spiro atoms. The lowest BCUT2D eigenvalue weighted by Crippen LogP contribution is -2.45. The summed E-state index contributed by atoms with van der Waals surface area (Å²) in [7, 11) is 0. The Morgan fingerprint density at radius 1 is 1.47 bits per heavy atom. The van der Waals surface area contributed by atoms with Crippen LogP contribution in [0.2, 0.25) is 0 Å². The Labute approximate surface area is 91.8 Å². The lowest BCUT2D eigenvalue weighted by atomic mass is 9.80. The van der Waals surface area contributed by atoms with Crippen molar-refractivity contribution >= 4 is 5.91 Å². The zero-order valence-electron chi connectivity index (χ0n) is 9.79. The zero-order valence-corrected chi connectivity index (χ0v) is 9.79. The summed E-state index contributed by atoms with van der Waals surface area (Å²) in [6.07, 6.45) is 2.00. The molecule has 1 aliphatic heterocycles. The predicted octanol–water partition coefficient (Wildman–Crippen LogP) is 0.610. The molecule has 2 N–H and O–H groups in total. The molecule has 1 aliphatic rings. The van der Waals surface area contributed by atoms with Gasteiger partial charge in [-0.1, -0.05) is 6.92 Å². The molecule has 0 radical (unpaired) electrons. The molecule has 0 saturated carbocycles. The highest BCUT2D eigenvalue weighted by atomic mass is 16.5. The zero-order chi connectivity index (χ0) is 11.3. The van der Waals surface area contributed by atoms with Crippen LogP contribution in [0.1, 0.15) is 26.7 Å². The van der Waals surface area contributed by atoms with Crippen molar-refractivity contribution in [3.63, 3.8) is 0 Å². The molecule has 4 heteroatoms. The summed E-state index contributed by atoms with van der Waals surface area (Å²) in [5, 5.41) is 0. The molecule has 1 saturated heterocycles. The van der Waals surface area contributed by atoms with E-state index in [0.717, 1.165) is 25.9 Å². The van der Waals surface area contributed by atoms with E-state index in [4.69, 9.17) is 10.5 Å². The average molecular weight is 214 g/mol. The molecule has 0 aromatic rings.